The van der Waals surface area contributed by atoms with Gasteiger partial charge in [-0.15, -0.1) is 0 Å². The summed E-state index contributed by atoms with van der Waals surface area (Å²) in [5.41, 5.74) is 5.95. The average Bonchev–Trinajstić information content (AvgIpc) is 2.44. The second kappa shape index (κ2) is 7.05. The molecule has 1 aromatic carbocycles. The smallest absolute Gasteiger partial charge is 0.192 e. The SMILES string of the molecule is CCNCc1ccc(Sc2nc(C)c(C)c(C)n2)cc1C. The Balaban J connectivity index is 2.18. The number of nitrogens with zero attached hydrogens (tertiary/aromatic N) is 2. The molecular weight excluding hydrogens is 278 g/mol. The Bertz CT molecular complexity index is 615. The molecule has 0 aliphatic rings. The van der Waals surface area contributed by atoms with Crippen LogP contribution in [-0.4, -0.2) is 16.5 Å². The number of aromatic nitrogens is 2. The van der Waals surface area contributed by atoms with Crippen molar-refractivity contribution in [2.24, 2.45) is 0 Å². The van der Waals surface area contributed by atoms with Crippen LogP contribution in [0.3, 0.4) is 0 Å². The van der Waals surface area contributed by atoms with E-state index in [2.05, 4.69) is 54.3 Å². The first-order valence-electron chi connectivity index (χ1n) is 7.31. The first-order valence-corrected chi connectivity index (χ1v) is 8.12. The van der Waals surface area contributed by atoms with Crippen LogP contribution in [0, 0.1) is 27.7 Å². The molecule has 21 heavy (non-hydrogen) atoms. The van der Waals surface area contributed by atoms with Gasteiger partial charge < -0.3 is 5.32 Å². The number of aryl methyl sites for hydroxylation is 3. The van der Waals surface area contributed by atoms with Crippen LogP contribution in [0.1, 0.15) is 35.0 Å². The van der Waals surface area contributed by atoms with Gasteiger partial charge in [-0.3, -0.25) is 0 Å². The third-order valence-corrected chi connectivity index (χ3v) is 4.56. The standard InChI is InChI=1S/C17H23N3S/c1-6-18-10-15-7-8-16(9-11(15)2)21-17-19-13(4)12(3)14(5)20-17/h7-9,18H,6,10H2,1-5H3. The van der Waals surface area contributed by atoms with Gasteiger partial charge in [0.1, 0.15) is 0 Å². The van der Waals surface area contributed by atoms with Crippen molar-refractivity contribution in [3.63, 3.8) is 0 Å². The monoisotopic (exact) mass is 301 g/mol. The van der Waals surface area contributed by atoms with Crippen molar-refractivity contribution in [3.05, 3.63) is 46.3 Å². The van der Waals surface area contributed by atoms with E-state index in [9.17, 15) is 0 Å². The largest absolute Gasteiger partial charge is 0.313 e. The van der Waals surface area contributed by atoms with Gasteiger partial charge in [0.15, 0.2) is 5.16 Å². The maximum atomic E-state index is 4.57. The van der Waals surface area contributed by atoms with E-state index in [1.165, 1.54) is 21.6 Å². The molecule has 0 bridgehead atoms. The van der Waals surface area contributed by atoms with Gasteiger partial charge in [-0.2, -0.15) is 0 Å². The summed E-state index contributed by atoms with van der Waals surface area (Å²) in [6.45, 7) is 12.3. The molecule has 2 rings (SSSR count). The molecule has 0 spiro atoms. The lowest BCUT2D eigenvalue weighted by Gasteiger charge is -2.10. The topological polar surface area (TPSA) is 37.8 Å². The van der Waals surface area contributed by atoms with E-state index in [0.29, 0.717) is 0 Å². The fraction of sp³-hybridized carbons (Fsp3) is 0.412. The molecule has 3 nitrogen and oxygen atoms in total. The Labute approximate surface area is 131 Å². The number of hydrogen-bond donors (Lipinski definition) is 1. The quantitative estimate of drug-likeness (QED) is 0.848. The molecule has 1 N–H and O–H groups in total. The molecule has 0 aliphatic heterocycles. The molecular formula is C17H23N3S. The van der Waals surface area contributed by atoms with Gasteiger partial charge in [-0.1, -0.05) is 13.0 Å². The molecule has 0 unspecified atom stereocenters. The normalized spacial score (nSPS) is 10.9. The number of hydrogen-bond acceptors (Lipinski definition) is 4. The first-order chi connectivity index (χ1) is 10.0. The molecule has 1 aromatic heterocycles. The summed E-state index contributed by atoms with van der Waals surface area (Å²) >= 11 is 1.63. The first kappa shape index (κ1) is 16.0. The zero-order valence-electron chi connectivity index (χ0n) is 13.4. The summed E-state index contributed by atoms with van der Waals surface area (Å²) in [7, 11) is 0. The van der Waals surface area contributed by atoms with Crippen molar-refractivity contribution in [1.82, 2.24) is 15.3 Å². The maximum absolute atomic E-state index is 4.57. The van der Waals surface area contributed by atoms with Crippen LogP contribution in [0.4, 0.5) is 0 Å². The maximum Gasteiger partial charge on any atom is 0.192 e. The second-order valence-electron chi connectivity index (χ2n) is 5.27. The van der Waals surface area contributed by atoms with Crippen LogP contribution in [0.5, 0.6) is 0 Å². The lowest BCUT2D eigenvalue weighted by atomic mass is 10.1. The van der Waals surface area contributed by atoms with E-state index >= 15 is 0 Å². The zero-order chi connectivity index (χ0) is 15.4. The fourth-order valence-corrected chi connectivity index (χ4v) is 3.03. The van der Waals surface area contributed by atoms with Crippen LogP contribution in [-0.2, 0) is 6.54 Å². The average molecular weight is 301 g/mol. The van der Waals surface area contributed by atoms with Crippen molar-refractivity contribution in [2.45, 2.75) is 51.2 Å². The van der Waals surface area contributed by atoms with E-state index < -0.39 is 0 Å². The highest BCUT2D eigenvalue weighted by Gasteiger charge is 2.07. The molecule has 1 heterocycles. The fourth-order valence-electron chi connectivity index (χ4n) is 2.08. The number of nitrogens with one attached hydrogen (secondary N) is 1. The van der Waals surface area contributed by atoms with Gasteiger partial charge >= 0.3 is 0 Å². The Hall–Kier alpha value is -1.39. The van der Waals surface area contributed by atoms with Crippen LogP contribution < -0.4 is 5.32 Å². The van der Waals surface area contributed by atoms with E-state index in [-0.39, 0.29) is 0 Å². The summed E-state index contributed by atoms with van der Waals surface area (Å²) in [5.74, 6) is 0. The van der Waals surface area contributed by atoms with Crippen LogP contribution in [0.25, 0.3) is 0 Å². The van der Waals surface area contributed by atoms with Gasteiger partial charge in [0, 0.05) is 22.8 Å². The zero-order valence-corrected chi connectivity index (χ0v) is 14.3. The molecule has 112 valence electrons. The molecule has 4 heteroatoms. The molecule has 0 amide bonds. The van der Waals surface area contributed by atoms with Crippen molar-refractivity contribution < 1.29 is 0 Å². The summed E-state index contributed by atoms with van der Waals surface area (Å²) in [6.07, 6.45) is 0. The predicted octanol–water partition coefficient (Wildman–Crippen LogP) is 3.97. The molecule has 0 radical (unpaired) electrons. The number of rotatable bonds is 5. The minimum absolute atomic E-state index is 0.828. The van der Waals surface area contributed by atoms with E-state index in [1.54, 1.807) is 11.8 Å². The molecule has 0 atom stereocenters. The molecule has 2 aromatic rings. The molecule has 0 aliphatic carbocycles. The van der Waals surface area contributed by atoms with E-state index in [0.717, 1.165) is 29.6 Å². The summed E-state index contributed by atoms with van der Waals surface area (Å²) in [4.78, 5) is 10.3. The van der Waals surface area contributed by atoms with Crippen LogP contribution in [0.15, 0.2) is 28.3 Å². The molecule has 0 saturated carbocycles. The highest BCUT2D eigenvalue weighted by atomic mass is 32.2. The lowest BCUT2D eigenvalue weighted by molar-refractivity contribution is 0.723. The summed E-state index contributed by atoms with van der Waals surface area (Å²) in [6, 6.07) is 6.55. The van der Waals surface area contributed by atoms with E-state index in [4.69, 9.17) is 0 Å². The van der Waals surface area contributed by atoms with Crippen molar-refractivity contribution in [1.29, 1.82) is 0 Å². The lowest BCUT2D eigenvalue weighted by Crippen LogP contribution is -2.12. The van der Waals surface area contributed by atoms with Gasteiger partial charge in [0.05, 0.1) is 0 Å². The Morgan fingerprint density at radius 2 is 1.71 bits per heavy atom. The highest BCUT2D eigenvalue weighted by Crippen LogP contribution is 2.27. The Kier molecular flexibility index (Phi) is 5.37. The third kappa shape index (κ3) is 4.05. The van der Waals surface area contributed by atoms with Crippen molar-refractivity contribution >= 4 is 11.8 Å². The van der Waals surface area contributed by atoms with Gasteiger partial charge in [-0.05, 0) is 74.8 Å². The Morgan fingerprint density at radius 3 is 2.29 bits per heavy atom. The summed E-state index contributed by atoms with van der Waals surface area (Å²) < 4.78 is 0. The second-order valence-corrected chi connectivity index (χ2v) is 6.31. The predicted molar refractivity (Wildman–Crippen MR) is 88.9 cm³/mol. The van der Waals surface area contributed by atoms with E-state index in [1.807, 2.05) is 13.8 Å². The van der Waals surface area contributed by atoms with Crippen molar-refractivity contribution in [2.75, 3.05) is 6.54 Å². The third-order valence-electron chi connectivity index (χ3n) is 3.70. The van der Waals surface area contributed by atoms with Gasteiger partial charge in [-0.25, -0.2) is 9.97 Å². The minimum Gasteiger partial charge on any atom is -0.313 e. The highest BCUT2D eigenvalue weighted by molar-refractivity contribution is 7.99. The van der Waals surface area contributed by atoms with Gasteiger partial charge in [0.25, 0.3) is 0 Å². The summed E-state index contributed by atoms with van der Waals surface area (Å²) in [5, 5.41) is 4.19. The Morgan fingerprint density at radius 1 is 1.05 bits per heavy atom. The van der Waals surface area contributed by atoms with Gasteiger partial charge in [0.2, 0.25) is 0 Å². The minimum atomic E-state index is 0.828. The number of benzene rings is 1. The molecule has 0 fully saturated rings. The van der Waals surface area contributed by atoms with Crippen LogP contribution >= 0.6 is 11.8 Å². The molecule has 0 saturated heterocycles. The van der Waals surface area contributed by atoms with Crippen molar-refractivity contribution in [3.8, 4) is 0 Å². The van der Waals surface area contributed by atoms with Crippen LogP contribution in [0.2, 0.25) is 0 Å².